The standard InChI is InChI=1S/C21H14Cl2O5/c22-14-2-8-19(17(23)10-14)25-11-16-4-3-15(28-16)5-6-18(24)13-1-7-20-21(9-13)27-12-26-20/h1-10H,11-12H2/b6-5+. The summed E-state index contributed by atoms with van der Waals surface area (Å²) in [5.41, 5.74) is 0.507. The summed E-state index contributed by atoms with van der Waals surface area (Å²) in [6.45, 7) is 0.368. The van der Waals surface area contributed by atoms with Crippen molar-refractivity contribution in [1.82, 2.24) is 0 Å². The van der Waals surface area contributed by atoms with E-state index in [-0.39, 0.29) is 19.2 Å². The summed E-state index contributed by atoms with van der Waals surface area (Å²) in [6.07, 6.45) is 3.04. The van der Waals surface area contributed by atoms with E-state index in [9.17, 15) is 4.79 Å². The van der Waals surface area contributed by atoms with Crippen molar-refractivity contribution in [1.29, 1.82) is 0 Å². The van der Waals surface area contributed by atoms with E-state index in [2.05, 4.69) is 0 Å². The van der Waals surface area contributed by atoms with Crippen molar-refractivity contribution in [3.05, 3.63) is 81.7 Å². The number of ketones is 1. The van der Waals surface area contributed by atoms with Crippen LogP contribution >= 0.6 is 23.2 Å². The van der Waals surface area contributed by atoms with Gasteiger partial charge in [-0.2, -0.15) is 0 Å². The number of rotatable bonds is 6. The van der Waals surface area contributed by atoms with Crippen LogP contribution in [0, 0.1) is 0 Å². The number of allylic oxidation sites excluding steroid dienone is 1. The number of furan rings is 1. The largest absolute Gasteiger partial charge is 0.484 e. The molecule has 0 fully saturated rings. The normalized spacial score (nSPS) is 12.5. The summed E-state index contributed by atoms with van der Waals surface area (Å²) >= 11 is 11.9. The van der Waals surface area contributed by atoms with Gasteiger partial charge in [-0.1, -0.05) is 23.2 Å². The predicted octanol–water partition coefficient (Wildman–Crippen LogP) is 5.79. The van der Waals surface area contributed by atoms with E-state index in [1.807, 2.05) is 0 Å². The van der Waals surface area contributed by atoms with Crippen LogP contribution in [0.3, 0.4) is 0 Å². The average molecular weight is 417 g/mol. The molecule has 0 unspecified atom stereocenters. The number of ether oxygens (including phenoxy) is 3. The van der Waals surface area contributed by atoms with Crippen LogP contribution in [0.4, 0.5) is 0 Å². The Labute approximate surface area is 171 Å². The highest BCUT2D eigenvalue weighted by Crippen LogP contribution is 2.32. The molecule has 2 heterocycles. The predicted molar refractivity (Wildman–Crippen MR) is 105 cm³/mol. The maximum Gasteiger partial charge on any atom is 0.231 e. The van der Waals surface area contributed by atoms with E-state index in [0.717, 1.165) is 0 Å². The van der Waals surface area contributed by atoms with E-state index in [4.69, 9.17) is 41.8 Å². The molecule has 0 saturated heterocycles. The van der Waals surface area contributed by atoms with Crippen LogP contribution in [-0.4, -0.2) is 12.6 Å². The topological polar surface area (TPSA) is 57.9 Å². The molecule has 0 spiro atoms. The number of hydrogen-bond acceptors (Lipinski definition) is 5. The van der Waals surface area contributed by atoms with Crippen LogP contribution in [-0.2, 0) is 6.61 Å². The molecule has 1 aliphatic rings. The molecule has 142 valence electrons. The summed E-state index contributed by atoms with van der Waals surface area (Å²) < 4.78 is 21.8. The van der Waals surface area contributed by atoms with Crippen molar-refractivity contribution >= 4 is 35.1 Å². The van der Waals surface area contributed by atoms with Crippen LogP contribution in [0.25, 0.3) is 6.08 Å². The summed E-state index contributed by atoms with van der Waals surface area (Å²) in [7, 11) is 0. The second kappa shape index (κ2) is 8.00. The van der Waals surface area contributed by atoms with Crippen molar-refractivity contribution in [3.8, 4) is 17.2 Å². The Bertz CT molecular complexity index is 1050. The molecule has 0 N–H and O–H groups in total. The fraction of sp³-hybridized carbons (Fsp3) is 0.0952. The smallest absolute Gasteiger partial charge is 0.231 e. The molecule has 1 aliphatic heterocycles. The molecular formula is C21H14Cl2O5. The summed E-state index contributed by atoms with van der Waals surface area (Å²) in [5.74, 6) is 2.68. The SMILES string of the molecule is O=C(/C=C/c1ccc(COc2ccc(Cl)cc2Cl)o1)c1ccc2c(c1)OCO2. The van der Waals surface area contributed by atoms with Gasteiger partial charge >= 0.3 is 0 Å². The molecule has 4 rings (SSSR count). The number of carbonyl (C=O) groups excluding carboxylic acids is 1. The van der Waals surface area contributed by atoms with Crippen LogP contribution < -0.4 is 14.2 Å². The highest BCUT2D eigenvalue weighted by molar-refractivity contribution is 6.35. The molecule has 0 amide bonds. The van der Waals surface area contributed by atoms with Gasteiger partial charge in [0.1, 0.15) is 23.9 Å². The van der Waals surface area contributed by atoms with Crippen LogP contribution in [0.1, 0.15) is 21.9 Å². The van der Waals surface area contributed by atoms with Gasteiger partial charge in [0.2, 0.25) is 6.79 Å². The van der Waals surface area contributed by atoms with Crippen molar-refractivity contribution in [2.45, 2.75) is 6.61 Å². The Hall–Kier alpha value is -2.89. The lowest BCUT2D eigenvalue weighted by atomic mass is 10.1. The van der Waals surface area contributed by atoms with Crippen molar-refractivity contribution in [2.75, 3.05) is 6.79 Å². The minimum atomic E-state index is -0.166. The number of carbonyl (C=O) groups is 1. The van der Waals surface area contributed by atoms with Gasteiger partial charge in [0.15, 0.2) is 17.3 Å². The molecule has 0 atom stereocenters. The molecular weight excluding hydrogens is 403 g/mol. The minimum Gasteiger partial charge on any atom is -0.484 e. The second-order valence-electron chi connectivity index (χ2n) is 5.93. The van der Waals surface area contributed by atoms with E-state index < -0.39 is 0 Å². The lowest BCUT2D eigenvalue weighted by Gasteiger charge is -2.06. The summed E-state index contributed by atoms with van der Waals surface area (Å²) in [5, 5.41) is 0.961. The first-order chi connectivity index (χ1) is 13.6. The highest BCUT2D eigenvalue weighted by Gasteiger charge is 2.15. The highest BCUT2D eigenvalue weighted by atomic mass is 35.5. The van der Waals surface area contributed by atoms with E-state index in [0.29, 0.717) is 44.4 Å². The Morgan fingerprint density at radius 2 is 1.89 bits per heavy atom. The minimum absolute atomic E-state index is 0.166. The van der Waals surface area contributed by atoms with E-state index in [1.54, 1.807) is 54.6 Å². The Morgan fingerprint density at radius 1 is 1.04 bits per heavy atom. The van der Waals surface area contributed by atoms with Gasteiger partial charge in [0, 0.05) is 10.6 Å². The first kappa shape index (κ1) is 18.5. The van der Waals surface area contributed by atoms with Gasteiger partial charge < -0.3 is 18.6 Å². The van der Waals surface area contributed by atoms with Crippen molar-refractivity contribution in [2.24, 2.45) is 0 Å². The van der Waals surface area contributed by atoms with Crippen LogP contribution in [0.15, 0.2) is 59.0 Å². The molecule has 0 radical (unpaired) electrons. The molecule has 7 heteroatoms. The molecule has 28 heavy (non-hydrogen) atoms. The Kier molecular flexibility index (Phi) is 5.28. The van der Waals surface area contributed by atoms with Gasteiger partial charge in [0.05, 0.1) is 5.02 Å². The average Bonchev–Trinajstić information content (AvgIpc) is 3.34. The number of benzene rings is 2. The maximum atomic E-state index is 12.3. The third-order valence-electron chi connectivity index (χ3n) is 4.00. The lowest BCUT2D eigenvalue weighted by Crippen LogP contribution is -1.94. The molecule has 0 bridgehead atoms. The fourth-order valence-corrected chi connectivity index (χ4v) is 3.07. The second-order valence-corrected chi connectivity index (χ2v) is 6.78. The lowest BCUT2D eigenvalue weighted by molar-refractivity contribution is 0.104. The molecule has 5 nitrogen and oxygen atoms in total. The molecule has 0 aliphatic carbocycles. The Morgan fingerprint density at radius 3 is 2.75 bits per heavy atom. The Balaban J connectivity index is 1.38. The van der Waals surface area contributed by atoms with Gasteiger partial charge in [-0.05, 0) is 60.7 Å². The molecule has 0 saturated carbocycles. The maximum absolute atomic E-state index is 12.3. The third-order valence-corrected chi connectivity index (χ3v) is 4.53. The molecule has 3 aromatic rings. The molecule has 2 aromatic carbocycles. The zero-order valence-corrected chi connectivity index (χ0v) is 16.0. The zero-order chi connectivity index (χ0) is 19.5. The third kappa shape index (κ3) is 4.16. The molecule has 1 aromatic heterocycles. The van der Waals surface area contributed by atoms with Crippen molar-refractivity contribution in [3.63, 3.8) is 0 Å². The first-order valence-corrected chi connectivity index (χ1v) is 9.13. The first-order valence-electron chi connectivity index (χ1n) is 8.37. The van der Waals surface area contributed by atoms with Crippen LogP contribution in [0.5, 0.6) is 17.2 Å². The van der Waals surface area contributed by atoms with Crippen molar-refractivity contribution < 1.29 is 23.4 Å². The number of hydrogen-bond donors (Lipinski definition) is 0. The zero-order valence-electron chi connectivity index (χ0n) is 14.5. The van der Waals surface area contributed by atoms with Crippen LogP contribution in [0.2, 0.25) is 10.0 Å². The van der Waals surface area contributed by atoms with Gasteiger partial charge in [-0.25, -0.2) is 0 Å². The summed E-state index contributed by atoms with van der Waals surface area (Å²) in [4.78, 5) is 12.3. The van der Waals surface area contributed by atoms with E-state index in [1.165, 1.54) is 6.08 Å². The fourth-order valence-electron chi connectivity index (χ4n) is 2.61. The van der Waals surface area contributed by atoms with Gasteiger partial charge in [0.25, 0.3) is 0 Å². The number of halogens is 2. The van der Waals surface area contributed by atoms with Gasteiger partial charge in [-0.3, -0.25) is 4.79 Å². The quantitative estimate of drug-likeness (QED) is 0.375. The van der Waals surface area contributed by atoms with Gasteiger partial charge in [-0.15, -0.1) is 0 Å². The number of fused-ring (bicyclic) bond motifs is 1. The monoisotopic (exact) mass is 416 g/mol. The van der Waals surface area contributed by atoms with E-state index >= 15 is 0 Å². The summed E-state index contributed by atoms with van der Waals surface area (Å²) in [6, 6.07) is 13.6.